The molecule has 0 bridgehead atoms. The van der Waals surface area contributed by atoms with Gasteiger partial charge in [0.25, 0.3) is 5.91 Å². The number of hydrogen-bond acceptors (Lipinski definition) is 7. The van der Waals surface area contributed by atoms with E-state index < -0.39 is 0 Å². The Morgan fingerprint density at radius 2 is 1.80 bits per heavy atom. The molecule has 2 aromatic heterocycles. The Labute approximate surface area is 210 Å². The predicted molar refractivity (Wildman–Crippen MR) is 138 cm³/mol. The van der Waals surface area contributed by atoms with E-state index in [2.05, 4.69) is 34.0 Å². The molecule has 9 nitrogen and oxygen atoms in total. The summed E-state index contributed by atoms with van der Waals surface area (Å²) in [5, 5.41) is 3.66. The van der Waals surface area contributed by atoms with Crippen molar-refractivity contribution in [1.82, 2.24) is 24.4 Å². The van der Waals surface area contributed by atoms with Crippen LogP contribution in [-0.4, -0.2) is 68.2 Å². The van der Waals surface area contributed by atoms with Gasteiger partial charge in [-0.3, -0.25) is 9.59 Å². The normalized spacial score (nSPS) is 13.9. The van der Waals surface area contributed by atoms with Gasteiger partial charge in [0.1, 0.15) is 11.6 Å². The lowest BCUT2D eigenvalue weighted by Gasteiger charge is -2.35. The minimum absolute atomic E-state index is 0.00500. The zero-order chi connectivity index (χ0) is 24.9. The van der Waals surface area contributed by atoms with Gasteiger partial charge in [-0.25, -0.2) is 15.0 Å². The van der Waals surface area contributed by atoms with Crippen LogP contribution in [0, 0.1) is 6.92 Å². The molecule has 0 radical (unpaired) electrons. The van der Waals surface area contributed by atoms with E-state index in [-0.39, 0.29) is 23.5 Å². The summed E-state index contributed by atoms with van der Waals surface area (Å²) >= 11 is 1.38. The van der Waals surface area contributed by atoms with Gasteiger partial charge in [0.2, 0.25) is 5.91 Å². The first-order valence-corrected chi connectivity index (χ1v) is 12.7. The van der Waals surface area contributed by atoms with Crippen LogP contribution in [0.15, 0.2) is 47.9 Å². The number of piperazine rings is 1. The highest BCUT2D eigenvalue weighted by molar-refractivity contribution is 7.99. The van der Waals surface area contributed by atoms with Crippen molar-refractivity contribution in [2.45, 2.75) is 31.8 Å². The van der Waals surface area contributed by atoms with Gasteiger partial charge in [0.15, 0.2) is 5.16 Å². The van der Waals surface area contributed by atoms with Crippen LogP contribution in [0.4, 0.5) is 11.5 Å². The number of rotatable bonds is 7. The van der Waals surface area contributed by atoms with Crippen LogP contribution in [0.3, 0.4) is 0 Å². The fourth-order valence-corrected chi connectivity index (χ4v) is 4.56. The standard InChI is InChI=1S/C25H31N7O2S/c1-17(2)23-27-18(3)15-21(29-23)31-11-13-32(14-12-31)24(34)19-5-7-20(8-6-19)28-22(33)16-35-25-26-9-10-30(25)4/h5-10,15,17H,11-14,16H2,1-4H3,(H,28,33). The molecule has 1 fully saturated rings. The molecule has 3 aromatic rings. The molecule has 35 heavy (non-hydrogen) atoms. The van der Waals surface area contributed by atoms with Crippen LogP contribution < -0.4 is 10.2 Å². The molecule has 3 heterocycles. The first-order valence-electron chi connectivity index (χ1n) is 11.7. The van der Waals surface area contributed by atoms with E-state index in [1.54, 1.807) is 30.5 Å². The number of anilines is 2. The predicted octanol–water partition coefficient (Wildman–Crippen LogP) is 3.34. The lowest BCUT2D eigenvalue weighted by molar-refractivity contribution is -0.113. The Kier molecular flexibility index (Phi) is 7.70. The van der Waals surface area contributed by atoms with Crippen molar-refractivity contribution < 1.29 is 9.59 Å². The molecule has 0 aliphatic carbocycles. The van der Waals surface area contributed by atoms with Crippen LogP contribution in [0.2, 0.25) is 0 Å². The second-order valence-electron chi connectivity index (χ2n) is 8.89. The average molecular weight is 494 g/mol. The number of thioether (sulfide) groups is 1. The Morgan fingerprint density at radius 1 is 1.09 bits per heavy atom. The van der Waals surface area contributed by atoms with E-state index in [0.29, 0.717) is 24.3 Å². The minimum atomic E-state index is -0.117. The van der Waals surface area contributed by atoms with Crippen molar-refractivity contribution in [3.8, 4) is 0 Å². The minimum Gasteiger partial charge on any atom is -0.353 e. The summed E-state index contributed by atoms with van der Waals surface area (Å²) in [5.74, 6) is 2.18. The maximum atomic E-state index is 13.0. The molecule has 1 N–H and O–H groups in total. The molecular formula is C25H31N7O2S. The van der Waals surface area contributed by atoms with E-state index in [9.17, 15) is 9.59 Å². The molecule has 1 saturated heterocycles. The number of aryl methyl sites for hydroxylation is 2. The van der Waals surface area contributed by atoms with E-state index in [0.717, 1.165) is 35.6 Å². The van der Waals surface area contributed by atoms with E-state index in [1.165, 1.54) is 11.8 Å². The number of hydrogen-bond donors (Lipinski definition) is 1. The number of imidazole rings is 1. The van der Waals surface area contributed by atoms with Gasteiger partial charge in [0, 0.05) is 74.5 Å². The number of carbonyl (C=O) groups excluding carboxylic acids is 2. The average Bonchev–Trinajstić information content (AvgIpc) is 3.27. The number of nitrogens with one attached hydrogen (secondary N) is 1. The molecule has 1 aliphatic heterocycles. The third-order valence-electron chi connectivity index (χ3n) is 5.79. The molecule has 184 valence electrons. The Balaban J connectivity index is 1.29. The van der Waals surface area contributed by atoms with E-state index in [1.807, 2.05) is 35.7 Å². The number of nitrogens with zero attached hydrogens (tertiary/aromatic N) is 6. The van der Waals surface area contributed by atoms with Crippen molar-refractivity contribution in [2.24, 2.45) is 7.05 Å². The number of carbonyl (C=O) groups is 2. The molecule has 0 spiro atoms. The van der Waals surface area contributed by atoms with Gasteiger partial charge in [0.05, 0.1) is 5.75 Å². The lowest BCUT2D eigenvalue weighted by Crippen LogP contribution is -2.49. The Hall–Kier alpha value is -3.40. The van der Waals surface area contributed by atoms with Crippen molar-refractivity contribution in [3.05, 3.63) is 59.8 Å². The summed E-state index contributed by atoms with van der Waals surface area (Å²) in [4.78, 5) is 42.8. The number of benzene rings is 1. The van der Waals surface area contributed by atoms with Crippen LogP contribution in [0.1, 0.15) is 41.6 Å². The van der Waals surface area contributed by atoms with Gasteiger partial charge < -0.3 is 19.7 Å². The fourth-order valence-electron chi connectivity index (χ4n) is 3.83. The van der Waals surface area contributed by atoms with Gasteiger partial charge in [-0.15, -0.1) is 0 Å². The Bertz CT molecular complexity index is 1180. The van der Waals surface area contributed by atoms with Gasteiger partial charge in [-0.2, -0.15) is 0 Å². The lowest BCUT2D eigenvalue weighted by atomic mass is 10.1. The second-order valence-corrected chi connectivity index (χ2v) is 9.84. The zero-order valence-corrected chi connectivity index (χ0v) is 21.4. The van der Waals surface area contributed by atoms with Crippen LogP contribution in [-0.2, 0) is 11.8 Å². The first kappa shape index (κ1) is 24.7. The third kappa shape index (κ3) is 6.19. The van der Waals surface area contributed by atoms with E-state index >= 15 is 0 Å². The summed E-state index contributed by atoms with van der Waals surface area (Å²) in [5.41, 5.74) is 2.23. The molecule has 0 saturated carbocycles. The molecule has 1 aromatic carbocycles. The second kappa shape index (κ2) is 10.9. The SMILES string of the molecule is Cc1cc(N2CCN(C(=O)c3ccc(NC(=O)CSc4nccn4C)cc3)CC2)nc(C(C)C)n1. The summed E-state index contributed by atoms with van der Waals surface area (Å²) < 4.78 is 1.87. The third-order valence-corrected chi connectivity index (χ3v) is 6.85. The molecular weight excluding hydrogens is 462 g/mol. The molecule has 4 rings (SSSR count). The van der Waals surface area contributed by atoms with Gasteiger partial charge in [-0.05, 0) is 31.2 Å². The van der Waals surface area contributed by atoms with Crippen LogP contribution >= 0.6 is 11.8 Å². The zero-order valence-electron chi connectivity index (χ0n) is 20.6. The van der Waals surface area contributed by atoms with E-state index in [4.69, 9.17) is 4.98 Å². The number of aromatic nitrogens is 4. The van der Waals surface area contributed by atoms with Crippen LogP contribution in [0.5, 0.6) is 0 Å². The molecule has 0 unspecified atom stereocenters. The monoisotopic (exact) mass is 493 g/mol. The maximum absolute atomic E-state index is 13.0. The summed E-state index contributed by atoms with van der Waals surface area (Å²) in [6.45, 7) is 8.87. The molecule has 1 aliphatic rings. The molecule has 2 amide bonds. The van der Waals surface area contributed by atoms with Crippen molar-refractivity contribution in [2.75, 3.05) is 42.1 Å². The highest BCUT2D eigenvalue weighted by atomic mass is 32.2. The topological polar surface area (TPSA) is 96.2 Å². The summed E-state index contributed by atoms with van der Waals surface area (Å²) in [7, 11) is 1.89. The Morgan fingerprint density at radius 3 is 2.43 bits per heavy atom. The highest BCUT2D eigenvalue weighted by Crippen LogP contribution is 2.20. The first-order chi connectivity index (χ1) is 16.8. The summed E-state index contributed by atoms with van der Waals surface area (Å²) in [6.07, 6.45) is 3.55. The summed E-state index contributed by atoms with van der Waals surface area (Å²) in [6, 6.07) is 9.07. The highest BCUT2D eigenvalue weighted by Gasteiger charge is 2.23. The molecule has 0 atom stereocenters. The van der Waals surface area contributed by atoms with Crippen LogP contribution in [0.25, 0.3) is 0 Å². The largest absolute Gasteiger partial charge is 0.353 e. The molecule has 10 heteroatoms. The quantitative estimate of drug-likeness (QED) is 0.504. The van der Waals surface area contributed by atoms with Gasteiger partial charge in [-0.1, -0.05) is 25.6 Å². The van der Waals surface area contributed by atoms with Crippen molar-refractivity contribution in [1.29, 1.82) is 0 Å². The fraction of sp³-hybridized carbons (Fsp3) is 0.400. The number of amides is 2. The van der Waals surface area contributed by atoms with Crippen molar-refractivity contribution in [3.63, 3.8) is 0 Å². The smallest absolute Gasteiger partial charge is 0.253 e. The van der Waals surface area contributed by atoms with Gasteiger partial charge >= 0.3 is 0 Å². The maximum Gasteiger partial charge on any atom is 0.253 e. The van der Waals surface area contributed by atoms with Crippen molar-refractivity contribution >= 4 is 35.1 Å².